The van der Waals surface area contributed by atoms with Gasteiger partial charge in [-0.2, -0.15) is 0 Å². The van der Waals surface area contributed by atoms with Gasteiger partial charge in [-0.05, 0) is 48.4 Å². The van der Waals surface area contributed by atoms with Crippen LogP contribution in [-0.2, 0) is 20.9 Å². The number of benzene rings is 3. The zero-order valence-electron chi connectivity index (χ0n) is 20.5. The van der Waals surface area contributed by atoms with E-state index in [-0.39, 0.29) is 28.1 Å². The summed E-state index contributed by atoms with van der Waals surface area (Å²) in [6.45, 7) is 1.79. The number of thioether (sulfide) groups is 1. The smallest absolute Gasteiger partial charge is 0.333 e. The number of halogens is 2. The lowest BCUT2D eigenvalue weighted by atomic mass is 10.1. The first-order chi connectivity index (χ1) is 18.3. The number of hydrogen-bond donors (Lipinski definition) is 0. The van der Waals surface area contributed by atoms with Gasteiger partial charge in [0.05, 0.1) is 23.6 Å². The van der Waals surface area contributed by atoms with Crippen molar-refractivity contribution in [3.63, 3.8) is 0 Å². The molecule has 1 fully saturated rings. The Bertz CT molecular complexity index is 1380. The van der Waals surface area contributed by atoms with Crippen molar-refractivity contribution in [2.75, 3.05) is 13.7 Å². The maximum Gasteiger partial charge on any atom is 0.333 e. The zero-order chi connectivity index (χ0) is 27.2. The Kier molecular flexibility index (Phi) is 9.04. The third-order valence-electron chi connectivity index (χ3n) is 5.63. The number of methoxy groups -OCH3 is 1. The summed E-state index contributed by atoms with van der Waals surface area (Å²) in [4.78, 5) is 27.9. The molecule has 0 aliphatic carbocycles. The summed E-state index contributed by atoms with van der Waals surface area (Å²) in [5.74, 6) is -0.671. The number of rotatable bonds is 9. The van der Waals surface area contributed by atoms with Crippen molar-refractivity contribution < 1.29 is 28.2 Å². The van der Waals surface area contributed by atoms with Crippen molar-refractivity contribution in [1.29, 1.82) is 0 Å². The normalized spacial score (nSPS) is 15.1. The minimum Gasteiger partial charge on any atom is -0.493 e. The van der Waals surface area contributed by atoms with E-state index in [4.69, 9.17) is 38.0 Å². The minimum atomic E-state index is -0.995. The number of ether oxygens (including phenoxy) is 3. The van der Waals surface area contributed by atoms with Crippen molar-refractivity contribution in [2.24, 2.45) is 0 Å². The minimum absolute atomic E-state index is 0.0887. The van der Waals surface area contributed by atoms with Crippen LogP contribution >= 0.6 is 35.6 Å². The fourth-order valence-electron chi connectivity index (χ4n) is 3.81. The Hall–Kier alpha value is -3.40. The number of nitrogens with zero attached hydrogens (tertiary/aromatic N) is 1. The molecule has 1 atom stereocenters. The first-order valence-corrected chi connectivity index (χ1v) is 13.2. The highest BCUT2D eigenvalue weighted by Gasteiger charge is 2.42. The Morgan fingerprint density at radius 1 is 1.13 bits per heavy atom. The number of carbonyl (C=O) groups excluding carboxylic acids is 2. The molecule has 0 saturated carbocycles. The molecule has 0 radical (unpaired) electrons. The first-order valence-electron chi connectivity index (χ1n) is 11.6. The Morgan fingerprint density at radius 2 is 1.89 bits per heavy atom. The van der Waals surface area contributed by atoms with Gasteiger partial charge in [0, 0.05) is 5.56 Å². The third kappa shape index (κ3) is 6.01. The molecule has 196 valence electrons. The lowest BCUT2D eigenvalue weighted by molar-refractivity contribution is -0.151. The third-order valence-corrected chi connectivity index (χ3v) is 7.31. The second-order valence-electron chi connectivity index (χ2n) is 8.02. The SMILES string of the molecule is CCOC(=O)C(c1ccccc1)N1C(=O)/C(=C\c2ccc(OCc3c(F)cccc3Cl)c(OC)c2)SC1=S. The van der Waals surface area contributed by atoms with Crippen molar-refractivity contribution >= 4 is 57.9 Å². The van der Waals surface area contributed by atoms with Gasteiger partial charge >= 0.3 is 5.97 Å². The van der Waals surface area contributed by atoms with Gasteiger partial charge in [-0.1, -0.05) is 78.0 Å². The highest BCUT2D eigenvalue weighted by Crippen LogP contribution is 2.39. The highest BCUT2D eigenvalue weighted by atomic mass is 35.5. The van der Waals surface area contributed by atoms with Crippen LogP contribution in [0.1, 0.15) is 29.7 Å². The van der Waals surface area contributed by atoms with E-state index in [0.29, 0.717) is 27.5 Å². The fraction of sp³-hybridized carbons (Fsp3) is 0.179. The summed E-state index contributed by atoms with van der Waals surface area (Å²) in [6, 6.07) is 17.4. The molecule has 1 unspecified atom stereocenters. The maximum absolute atomic E-state index is 14.1. The Morgan fingerprint density at radius 3 is 2.58 bits per heavy atom. The van der Waals surface area contributed by atoms with Gasteiger partial charge in [0.1, 0.15) is 16.7 Å². The van der Waals surface area contributed by atoms with Gasteiger partial charge in [0.25, 0.3) is 5.91 Å². The molecule has 0 aromatic heterocycles. The molecule has 38 heavy (non-hydrogen) atoms. The number of thiocarbonyl (C=S) groups is 1. The van der Waals surface area contributed by atoms with Crippen molar-refractivity contribution in [2.45, 2.75) is 19.6 Å². The van der Waals surface area contributed by atoms with E-state index < -0.39 is 23.7 Å². The fourth-order valence-corrected chi connectivity index (χ4v) is 5.34. The van der Waals surface area contributed by atoms with Crippen LogP contribution in [0.3, 0.4) is 0 Å². The van der Waals surface area contributed by atoms with Gasteiger partial charge in [-0.3, -0.25) is 9.69 Å². The van der Waals surface area contributed by atoms with Crippen molar-refractivity contribution in [3.8, 4) is 11.5 Å². The van der Waals surface area contributed by atoms with Crippen LogP contribution in [0.5, 0.6) is 11.5 Å². The molecule has 3 aromatic rings. The molecule has 4 rings (SSSR count). The summed E-state index contributed by atoms with van der Waals surface area (Å²) < 4.78 is 30.8. The molecule has 3 aromatic carbocycles. The Balaban J connectivity index is 1.58. The quantitative estimate of drug-likeness (QED) is 0.163. The van der Waals surface area contributed by atoms with Crippen molar-refractivity contribution in [1.82, 2.24) is 4.90 Å². The maximum atomic E-state index is 14.1. The van der Waals surface area contributed by atoms with Crippen molar-refractivity contribution in [3.05, 3.63) is 99.2 Å². The van der Waals surface area contributed by atoms with Crippen LogP contribution in [-0.4, -0.2) is 34.8 Å². The van der Waals surface area contributed by atoms with E-state index in [0.717, 1.165) is 11.8 Å². The number of esters is 1. The first kappa shape index (κ1) is 27.6. The van der Waals surface area contributed by atoms with Gasteiger partial charge in [0.15, 0.2) is 17.5 Å². The Labute approximate surface area is 234 Å². The zero-order valence-corrected chi connectivity index (χ0v) is 22.9. The molecule has 0 bridgehead atoms. The van der Waals surface area contributed by atoms with Crippen LogP contribution in [0, 0.1) is 5.82 Å². The van der Waals surface area contributed by atoms with Gasteiger partial charge < -0.3 is 14.2 Å². The number of amides is 1. The average Bonchev–Trinajstić information content (AvgIpc) is 3.17. The number of hydrogen-bond acceptors (Lipinski definition) is 7. The molecule has 1 heterocycles. The molecule has 6 nitrogen and oxygen atoms in total. The van der Waals surface area contributed by atoms with Crippen LogP contribution in [0.2, 0.25) is 5.02 Å². The molecule has 0 spiro atoms. The van der Waals surface area contributed by atoms with Crippen LogP contribution in [0.25, 0.3) is 6.08 Å². The predicted octanol–water partition coefficient (Wildman–Crippen LogP) is 6.57. The van der Waals surface area contributed by atoms with E-state index in [1.165, 1.54) is 24.1 Å². The predicted molar refractivity (Wildman–Crippen MR) is 150 cm³/mol. The standard InChI is InChI=1S/C28H23ClFNO5S2/c1-3-35-27(33)25(18-8-5-4-6-9-18)31-26(32)24(38-28(31)37)15-17-12-13-22(23(14-17)34-2)36-16-19-20(29)10-7-11-21(19)30/h4-15,25H,3,16H2,1-2H3/b24-15+. The van der Waals surface area contributed by atoms with E-state index >= 15 is 0 Å². The van der Waals surface area contributed by atoms with Crippen LogP contribution < -0.4 is 9.47 Å². The molecule has 1 aliphatic heterocycles. The summed E-state index contributed by atoms with van der Waals surface area (Å²) in [5, 5.41) is 0.263. The molecule has 10 heteroatoms. The van der Waals surface area contributed by atoms with Gasteiger partial charge in [-0.25, -0.2) is 9.18 Å². The lowest BCUT2D eigenvalue weighted by Gasteiger charge is -2.25. The monoisotopic (exact) mass is 571 g/mol. The topological polar surface area (TPSA) is 65.1 Å². The van der Waals surface area contributed by atoms with E-state index in [1.54, 1.807) is 61.5 Å². The van der Waals surface area contributed by atoms with E-state index in [1.807, 2.05) is 6.07 Å². The molecule has 0 N–H and O–H groups in total. The van der Waals surface area contributed by atoms with Gasteiger partial charge in [-0.15, -0.1) is 0 Å². The summed E-state index contributed by atoms with van der Waals surface area (Å²) in [5.41, 5.74) is 1.48. The molecular formula is C28H23ClFNO5S2. The molecular weight excluding hydrogens is 549 g/mol. The second kappa shape index (κ2) is 12.4. The largest absolute Gasteiger partial charge is 0.493 e. The summed E-state index contributed by atoms with van der Waals surface area (Å²) in [6.07, 6.45) is 1.66. The molecule has 1 amide bonds. The lowest BCUT2D eigenvalue weighted by Crippen LogP contribution is -2.38. The second-order valence-corrected chi connectivity index (χ2v) is 10.1. The summed E-state index contributed by atoms with van der Waals surface area (Å²) in [7, 11) is 1.48. The van der Waals surface area contributed by atoms with Crippen LogP contribution in [0.4, 0.5) is 4.39 Å². The highest BCUT2D eigenvalue weighted by molar-refractivity contribution is 8.26. The number of carbonyl (C=O) groups is 2. The average molecular weight is 572 g/mol. The van der Waals surface area contributed by atoms with E-state index in [2.05, 4.69) is 0 Å². The molecule has 1 saturated heterocycles. The van der Waals surface area contributed by atoms with E-state index in [9.17, 15) is 14.0 Å². The molecule has 1 aliphatic rings. The van der Waals surface area contributed by atoms with Crippen LogP contribution in [0.15, 0.2) is 71.6 Å². The summed E-state index contributed by atoms with van der Waals surface area (Å²) >= 11 is 12.7. The van der Waals surface area contributed by atoms with Gasteiger partial charge in [0.2, 0.25) is 0 Å².